The topological polar surface area (TPSA) is 58.6 Å². The van der Waals surface area contributed by atoms with Crippen molar-refractivity contribution in [1.29, 1.82) is 0 Å². The lowest BCUT2D eigenvalue weighted by atomic mass is 10.1. The number of carbonyl (C=O) groups is 1. The maximum absolute atomic E-state index is 13.2. The molecule has 0 spiro atoms. The molecular formula is C24H25ClFNO3. The summed E-state index contributed by atoms with van der Waals surface area (Å²) in [7, 11) is 0. The number of carbonyl (C=O) groups excluding carboxylic acids is 1. The van der Waals surface area contributed by atoms with Crippen molar-refractivity contribution in [3.05, 3.63) is 94.5 Å². The molecule has 0 saturated heterocycles. The fraction of sp³-hybridized carbons (Fsp3) is 0.208. The second kappa shape index (κ2) is 11.8. The van der Waals surface area contributed by atoms with Gasteiger partial charge in [-0.15, -0.1) is 0 Å². The van der Waals surface area contributed by atoms with E-state index in [0.29, 0.717) is 35.1 Å². The Balaban J connectivity index is 1.94. The summed E-state index contributed by atoms with van der Waals surface area (Å²) in [4.78, 5) is 12.4. The normalized spacial score (nSPS) is 12.6. The second-order valence-corrected chi connectivity index (χ2v) is 7.06. The summed E-state index contributed by atoms with van der Waals surface area (Å²) in [6.07, 6.45) is 5.54. The van der Waals surface area contributed by atoms with Crippen molar-refractivity contribution in [2.75, 3.05) is 11.9 Å². The number of benzene rings is 2. The van der Waals surface area contributed by atoms with Gasteiger partial charge in [0.1, 0.15) is 11.6 Å². The summed E-state index contributed by atoms with van der Waals surface area (Å²) in [6.45, 7) is 3.71. The second-order valence-electron chi connectivity index (χ2n) is 6.62. The largest absolute Gasteiger partial charge is 0.512 e. The van der Waals surface area contributed by atoms with E-state index in [4.69, 9.17) is 16.3 Å². The van der Waals surface area contributed by atoms with E-state index in [0.717, 1.165) is 5.56 Å². The standard InChI is InChI=1S/C24H25ClFNO3/c1-3-6-20(25)14-19(17(2)28)15-24(29)27-22-9-5-10-23(16-22)30-12-11-18-7-4-8-21(26)13-18/h3-10,13-14,16,28H,11-12,15H2,1-2H3,(H,27,29)/b6-3-,19-17-,20-14+. The highest BCUT2D eigenvalue weighted by Gasteiger charge is 2.09. The number of amides is 1. The van der Waals surface area contributed by atoms with E-state index < -0.39 is 0 Å². The number of anilines is 1. The van der Waals surface area contributed by atoms with Crippen molar-refractivity contribution in [3.63, 3.8) is 0 Å². The van der Waals surface area contributed by atoms with Crippen molar-refractivity contribution < 1.29 is 19.0 Å². The number of rotatable bonds is 9. The van der Waals surface area contributed by atoms with Crippen LogP contribution in [0.25, 0.3) is 0 Å². The lowest BCUT2D eigenvalue weighted by molar-refractivity contribution is -0.115. The number of allylic oxidation sites excluding steroid dienone is 5. The highest BCUT2D eigenvalue weighted by Crippen LogP contribution is 2.20. The first-order valence-corrected chi connectivity index (χ1v) is 9.91. The highest BCUT2D eigenvalue weighted by atomic mass is 35.5. The minimum absolute atomic E-state index is 0.0270. The number of hydrogen-bond donors (Lipinski definition) is 2. The van der Waals surface area contributed by atoms with E-state index in [2.05, 4.69) is 5.32 Å². The van der Waals surface area contributed by atoms with Gasteiger partial charge < -0.3 is 15.2 Å². The molecule has 0 fully saturated rings. The van der Waals surface area contributed by atoms with Gasteiger partial charge >= 0.3 is 0 Å². The summed E-state index contributed by atoms with van der Waals surface area (Å²) in [5.41, 5.74) is 1.85. The van der Waals surface area contributed by atoms with Crippen LogP contribution in [-0.4, -0.2) is 17.6 Å². The molecule has 0 radical (unpaired) electrons. The Labute approximate surface area is 181 Å². The third kappa shape index (κ3) is 8.13. The van der Waals surface area contributed by atoms with Gasteiger partial charge in [0.2, 0.25) is 5.91 Å². The number of halogens is 2. The number of hydrogen-bond acceptors (Lipinski definition) is 3. The van der Waals surface area contributed by atoms with Crippen LogP contribution in [0.5, 0.6) is 5.75 Å². The molecule has 0 heterocycles. The average Bonchev–Trinajstić information content (AvgIpc) is 2.68. The van der Waals surface area contributed by atoms with E-state index in [9.17, 15) is 14.3 Å². The van der Waals surface area contributed by atoms with Gasteiger partial charge in [-0.05, 0) is 55.8 Å². The van der Waals surface area contributed by atoms with Gasteiger partial charge in [0.15, 0.2) is 0 Å². The first-order valence-electron chi connectivity index (χ1n) is 9.53. The molecule has 0 saturated carbocycles. The third-order valence-corrected chi connectivity index (χ3v) is 4.36. The summed E-state index contributed by atoms with van der Waals surface area (Å²) in [6, 6.07) is 13.4. The smallest absolute Gasteiger partial charge is 0.228 e. The Morgan fingerprint density at radius 3 is 2.70 bits per heavy atom. The zero-order valence-corrected chi connectivity index (χ0v) is 17.7. The van der Waals surface area contributed by atoms with Crippen molar-refractivity contribution in [2.45, 2.75) is 26.7 Å². The molecule has 158 valence electrons. The monoisotopic (exact) mass is 429 g/mol. The molecule has 4 nitrogen and oxygen atoms in total. The fourth-order valence-electron chi connectivity index (χ4n) is 2.68. The Hall–Kier alpha value is -3.05. The number of nitrogens with one attached hydrogen (secondary N) is 1. The van der Waals surface area contributed by atoms with E-state index in [1.165, 1.54) is 19.1 Å². The summed E-state index contributed by atoms with van der Waals surface area (Å²) < 4.78 is 18.9. The summed E-state index contributed by atoms with van der Waals surface area (Å²) >= 11 is 6.05. The first-order chi connectivity index (χ1) is 14.4. The lowest BCUT2D eigenvalue weighted by Gasteiger charge is -2.10. The molecule has 0 atom stereocenters. The van der Waals surface area contributed by atoms with E-state index in [1.807, 2.05) is 13.0 Å². The van der Waals surface area contributed by atoms with Crippen LogP contribution in [0, 0.1) is 5.82 Å². The zero-order valence-electron chi connectivity index (χ0n) is 17.0. The molecule has 0 bridgehead atoms. The van der Waals surface area contributed by atoms with Crippen LogP contribution < -0.4 is 10.1 Å². The molecule has 30 heavy (non-hydrogen) atoms. The number of aliphatic hydroxyl groups excluding tert-OH is 1. The first kappa shape index (κ1) is 23.2. The van der Waals surface area contributed by atoms with Crippen molar-refractivity contribution >= 4 is 23.2 Å². The fourth-order valence-corrected chi connectivity index (χ4v) is 2.94. The van der Waals surface area contributed by atoms with Gasteiger partial charge in [-0.3, -0.25) is 4.79 Å². The van der Waals surface area contributed by atoms with Crippen LogP contribution in [0.3, 0.4) is 0 Å². The van der Waals surface area contributed by atoms with Crippen LogP contribution >= 0.6 is 11.6 Å². The summed E-state index contributed by atoms with van der Waals surface area (Å²) in [5.74, 6) is 0.0543. The third-order valence-electron chi connectivity index (χ3n) is 4.12. The maximum Gasteiger partial charge on any atom is 0.228 e. The minimum Gasteiger partial charge on any atom is -0.512 e. The molecule has 2 rings (SSSR count). The van der Waals surface area contributed by atoms with Gasteiger partial charge in [-0.1, -0.05) is 35.9 Å². The van der Waals surface area contributed by atoms with E-state index >= 15 is 0 Å². The van der Waals surface area contributed by atoms with Crippen molar-refractivity contribution in [3.8, 4) is 5.75 Å². The average molecular weight is 430 g/mol. The minimum atomic E-state index is -0.295. The molecule has 6 heteroatoms. The maximum atomic E-state index is 13.2. The SMILES string of the molecule is C\C=C/C(Cl)=C\C(CC(=O)Nc1cccc(OCCc2cccc(F)c2)c1)=C(/C)O. The van der Waals surface area contributed by atoms with Gasteiger partial charge in [-0.25, -0.2) is 4.39 Å². The molecule has 2 aromatic rings. The van der Waals surface area contributed by atoms with Crippen LogP contribution in [0.1, 0.15) is 25.8 Å². The van der Waals surface area contributed by atoms with Gasteiger partial charge in [0.05, 0.1) is 18.8 Å². The van der Waals surface area contributed by atoms with Crippen LogP contribution in [0.15, 0.2) is 83.1 Å². The van der Waals surface area contributed by atoms with E-state index in [-0.39, 0.29) is 23.9 Å². The van der Waals surface area contributed by atoms with Gasteiger partial charge in [0.25, 0.3) is 0 Å². The molecule has 2 aromatic carbocycles. The van der Waals surface area contributed by atoms with Crippen LogP contribution in [-0.2, 0) is 11.2 Å². The van der Waals surface area contributed by atoms with Gasteiger partial charge in [0, 0.05) is 28.8 Å². The van der Waals surface area contributed by atoms with Crippen LogP contribution in [0.2, 0.25) is 0 Å². The van der Waals surface area contributed by atoms with Crippen molar-refractivity contribution in [1.82, 2.24) is 0 Å². The molecular weight excluding hydrogens is 405 g/mol. The lowest BCUT2D eigenvalue weighted by Crippen LogP contribution is -2.12. The number of ether oxygens (including phenoxy) is 1. The molecule has 0 unspecified atom stereocenters. The summed E-state index contributed by atoms with van der Waals surface area (Å²) in [5, 5.41) is 13.0. The molecule has 1 amide bonds. The Bertz CT molecular complexity index is 962. The predicted molar refractivity (Wildman–Crippen MR) is 119 cm³/mol. The molecule has 2 N–H and O–H groups in total. The molecule has 0 aromatic heterocycles. The number of aliphatic hydroxyl groups is 1. The highest BCUT2D eigenvalue weighted by molar-refractivity contribution is 6.31. The predicted octanol–water partition coefficient (Wildman–Crippen LogP) is 6.31. The Morgan fingerprint density at radius 1 is 1.23 bits per heavy atom. The molecule has 0 aliphatic heterocycles. The Morgan fingerprint density at radius 2 is 2.00 bits per heavy atom. The zero-order chi connectivity index (χ0) is 21.9. The van der Waals surface area contributed by atoms with Crippen molar-refractivity contribution in [2.24, 2.45) is 0 Å². The quantitative estimate of drug-likeness (QED) is 0.363. The van der Waals surface area contributed by atoms with Crippen LogP contribution in [0.4, 0.5) is 10.1 Å². The van der Waals surface area contributed by atoms with Gasteiger partial charge in [-0.2, -0.15) is 0 Å². The molecule has 0 aliphatic rings. The molecule has 0 aliphatic carbocycles. The van der Waals surface area contributed by atoms with E-state index in [1.54, 1.807) is 48.6 Å². The Kier molecular flexibility index (Phi) is 9.16.